The number of rotatable bonds is 5. The first-order chi connectivity index (χ1) is 10.1. The fraction of sp³-hybridized carbons (Fsp3) is 0.412. The molecule has 4 heteroatoms. The minimum absolute atomic E-state index is 0.134. The third-order valence-corrected chi connectivity index (χ3v) is 4.58. The lowest BCUT2D eigenvalue weighted by Crippen LogP contribution is -2.30. The average Bonchev–Trinajstić information content (AvgIpc) is 3.25. The molecule has 1 N–H and O–H groups in total. The van der Waals surface area contributed by atoms with E-state index in [1.54, 1.807) is 6.07 Å². The summed E-state index contributed by atoms with van der Waals surface area (Å²) < 4.78 is 0. The number of carbonyl (C=O) groups is 1. The molecule has 1 fully saturated rings. The van der Waals surface area contributed by atoms with Gasteiger partial charge in [-0.1, -0.05) is 49.2 Å². The Kier molecular flexibility index (Phi) is 3.85. The van der Waals surface area contributed by atoms with Gasteiger partial charge in [-0.3, -0.25) is 4.79 Å². The molecule has 0 spiro atoms. The lowest BCUT2D eigenvalue weighted by molar-refractivity contribution is 0.0939. The summed E-state index contributed by atoms with van der Waals surface area (Å²) in [6.45, 7) is 2.93. The van der Waals surface area contributed by atoms with Crippen molar-refractivity contribution in [2.75, 3.05) is 6.54 Å². The first-order valence-electron chi connectivity index (χ1n) is 7.47. The number of aromatic nitrogens is 1. The second-order valence-electron chi connectivity index (χ2n) is 5.95. The largest absolute Gasteiger partial charge is 0.350 e. The van der Waals surface area contributed by atoms with Crippen molar-refractivity contribution in [1.82, 2.24) is 10.3 Å². The van der Waals surface area contributed by atoms with Gasteiger partial charge in [0.25, 0.3) is 5.91 Å². The molecule has 1 aromatic carbocycles. The van der Waals surface area contributed by atoms with Crippen LogP contribution in [-0.4, -0.2) is 17.4 Å². The van der Waals surface area contributed by atoms with Crippen LogP contribution in [0.2, 0.25) is 5.15 Å². The van der Waals surface area contributed by atoms with Crippen LogP contribution in [0.25, 0.3) is 10.8 Å². The second kappa shape index (κ2) is 5.64. The molecule has 21 heavy (non-hydrogen) atoms. The summed E-state index contributed by atoms with van der Waals surface area (Å²) in [5.74, 6) is -0.134. The van der Waals surface area contributed by atoms with Crippen molar-refractivity contribution in [3.05, 3.63) is 41.2 Å². The number of fused-ring (bicyclic) bond motifs is 1. The van der Waals surface area contributed by atoms with E-state index in [0.717, 1.165) is 23.7 Å². The first kappa shape index (κ1) is 14.3. The van der Waals surface area contributed by atoms with Crippen LogP contribution >= 0.6 is 11.6 Å². The Morgan fingerprint density at radius 1 is 1.38 bits per heavy atom. The third kappa shape index (κ3) is 3.03. The Morgan fingerprint density at radius 2 is 2.14 bits per heavy atom. The molecule has 1 aliphatic carbocycles. The van der Waals surface area contributed by atoms with E-state index in [1.807, 2.05) is 24.3 Å². The van der Waals surface area contributed by atoms with Gasteiger partial charge in [0, 0.05) is 11.9 Å². The van der Waals surface area contributed by atoms with Crippen molar-refractivity contribution >= 4 is 28.3 Å². The minimum Gasteiger partial charge on any atom is -0.350 e. The number of hydrogen-bond acceptors (Lipinski definition) is 2. The Labute approximate surface area is 129 Å². The normalized spacial score (nSPS) is 15.9. The molecule has 1 aromatic heterocycles. The molecule has 3 rings (SSSR count). The average molecular weight is 303 g/mol. The predicted octanol–water partition coefficient (Wildman–Crippen LogP) is 4.20. The molecule has 110 valence electrons. The molecule has 1 aliphatic rings. The van der Waals surface area contributed by atoms with Gasteiger partial charge in [0.1, 0.15) is 10.8 Å². The molecule has 0 radical (unpaired) electrons. The monoisotopic (exact) mass is 302 g/mol. The lowest BCUT2D eigenvalue weighted by Gasteiger charge is -2.14. The molecule has 0 bridgehead atoms. The van der Waals surface area contributed by atoms with Gasteiger partial charge in [-0.15, -0.1) is 0 Å². The van der Waals surface area contributed by atoms with Gasteiger partial charge in [0.15, 0.2) is 0 Å². The number of nitrogens with one attached hydrogen (secondary N) is 1. The summed E-state index contributed by atoms with van der Waals surface area (Å²) in [6.07, 6.45) is 4.77. The number of benzene rings is 1. The SMILES string of the molecule is CCCC1(CNC(=O)c2cc3ccccc3c(Cl)n2)CC1. The molecule has 0 atom stereocenters. The van der Waals surface area contributed by atoms with Crippen LogP contribution in [0.5, 0.6) is 0 Å². The van der Waals surface area contributed by atoms with Crippen LogP contribution < -0.4 is 5.32 Å². The number of pyridine rings is 1. The van der Waals surface area contributed by atoms with Crippen LogP contribution in [0.15, 0.2) is 30.3 Å². The van der Waals surface area contributed by atoms with E-state index >= 15 is 0 Å². The molecular weight excluding hydrogens is 284 g/mol. The van der Waals surface area contributed by atoms with Crippen LogP contribution in [0.4, 0.5) is 0 Å². The summed E-state index contributed by atoms with van der Waals surface area (Å²) in [5.41, 5.74) is 0.733. The van der Waals surface area contributed by atoms with Gasteiger partial charge in [-0.25, -0.2) is 4.98 Å². The zero-order chi connectivity index (χ0) is 14.9. The smallest absolute Gasteiger partial charge is 0.269 e. The Balaban J connectivity index is 1.76. The number of carbonyl (C=O) groups excluding carboxylic acids is 1. The maximum atomic E-state index is 12.3. The van der Waals surface area contributed by atoms with Crippen molar-refractivity contribution in [1.29, 1.82) is 0 Å². The number of amides is 1. The molecule has 1 amide bonds. The van der Waals surface area contributed by atoms with Crippen LogP contribution in [0.3, 0.4) is 0 Å². The standard InChI is InChI=1S/C17H19ClN2O/c1-2-7-17(8-9-17)11-19-16(21)14-10-12-5-3-4-6-13(12)15(18)20-14/h3-6,10H,2,7-9,11H2,1H3,(H,19,21). The molecular formula is C17H19ClN2O. The van der Waals surface area contributed by atoms with E-state index in [0.29, 0.717) is 16.3 Å². The van der Waals surface area contributed by atoms with Crippen molar-refractivity contribution in [2.45, 2.75) is 32.6 Å². The fourth-order valence-corrected chi connectivity index (χ4v) is 3.12. The molecule has 0 aliphatic heterocycles. The van der Waals surface area contributed by atoms with Gasteiger partial charge in [-0.05, 0) is 36.1 Å². The number of hydrogen-bond donors (Lipinski definition) is 1. The molecule has 2 aromatic rings. The van der Waals surface area contributed by atoms with Gasteiger partial charge >= 0.3 is 0 Å². The highest BCUT2D eigenvalue weighted by Crippen LogP contribution is 2.48. The highest BCUT2D eigenvalue weighted by molar-refractivity contribution is 6.34. The van der Waals surface area contributed by atoms with Crippen LogP contribution in [0, 0.1) is 5.41 Å². The van der Waals surface area contributed by atoms with E-state index in [1.165, 1.54) is 19.3 Å². The number of halogens is 1. The third-order valence-electron chi connectivity index (χ3n) is 4.29. The van der Waals surface area contributed by atoms with Crippen LogP contribution in [-0.2, 0) is 0 Å². The summed E-state index contributed by atoms with van der Waals surface area (Å²) in [6, 6.07) is 9.50. The highest BCUT2D eigenvalue weighted by Gasteiger charge is 2.41. The second-order valence-corrected chi connectivity index (χ2v) is 6.31. The zero-order valence-corrected chi connectivity index (χ0v) is 12.9. The maximum Gasteiger partial charge on any atom is 0.269 e. The Hall–Kier alpha value is -1.61. The topological polar surface area (TPSA) is 42.0 Å². The maximum absolute atomic E-state index is 12.3. The molecule has 3 nitrogen and oxygen atoms in total. The number of nitrogens with zero attached hydrogens (tertiary/aromatic N) is 1. The van der Waals surface area contributed by atoms with Gasteiger partial charge < -0.3 is 5.32 Å². The predicted molar refractivity (Wildman–Crippen MR) is 85.7 cm³/mol. The molecule has 0 saturated heterocycles. The fourth-order valence-electron chi connectivity index (χ4n) is 2.85. The van der Waals surface area contributed by atoms with E-state index in [4.69, 9.17) is 11.6 Å². The summed E-state index contributed by atoms with van der Waals surface area (Å²) in [5, 5.41) is 5.22. The summed E-state index contributed by atoms with van der Waals surface area (Å²) in [4.78, 5) is 16.5. The van der Waals surface area contributed by atoms with E-state index in [9.17, 15) is 4.79 Å². The summed E-state index contributed by atoms with van der Waals surface area (Å²) >= 11 is 6.17. The van der Waals surface area contributed by atoms with Gasteiger partial charge in [0.2, 0.25) is 0 Å². The molecule has 0 unspecified atom stereocenters. The van der Waals surface area contributed by atoms with E-state index < -0.39 is 0 Å². The van der Waals surface area contributed by atoms with Crippen molar-refractivity contribution in [3.63, 3.8) is 0 Å². The lowest BCUT2D eigenvalue weighted by atomic mass is 10.0. The quantitative estimate of drug-likeness (QED) is 0.841. The van der Waals surface area contributed by atoms with E-state index in [2.05, 4.69) is 17.2 Å². The zero-order valence-electron chi connectivity index (χ0n) is 12.2. The van der Waals surface area contributed by atoms with Gasteiger partial charge in [0.05, 0.1) is 0 Å². The minimum atomic E-state index is -0.134. The Bertz CT molecular complexity index is 680. The highest BCUT2D eigenvalue weighted by atomic mass is 35.5. The molecule has 1 heterocycles. The van der Waals surface area contributed by atoms with Crippen molar-refractivity contribution in [2.24, 2.45) is 5.41 Å². The molecule has 1 saturated carbocycles. The van der Waals surface area contributed by atoms with Crippen molar-refractivity contribution in [3.8, 4) is 0 Å². The summed E-state index contributed by atoms with van der Waals surface area (Å²) in [7, 11) is 0. The van der Waals surface area contributed by atoms with E-state index in [-0.39, 0.29) is 5.91 Å². The van der Waals surface area contributed by atoms with Crippen molar-refractivity contribution < 1.29 is 4.79 Å². The van der Waals surface area contributed by atoms with Gasteiger partial charge in [-0.2, -0.15) is 0 Å². The van der Waals surface area contributed by atoms with Crippen LogP contribution in [0.1, 0.15) is 43.1 Å². The Morgan fingerprint density at radius 3 is 2.86 bits per heavy atom. The first-order valence-corrected chi connectivity index (χ1v) is 7.85.